The van der Waals surface area contributed by atoms with Crippen molar-refractivity contribution in [3.8, 4) is 0 Å². The van der Waals surface area contributed by atoms with Crippen molar-refractivity contribution in [1.29, 1.82) is 0 Å². The van der Waals surface area contributed by atoms with E-state index >= 15 is 0 Å². The average Bonchev–Trinajstić information content (AvgIpc) is 2.60. The first kappa shape index (κ1) is 23.5. The third-order valence-electron chi connectivity index (χ3n) is 3.69. The van der Waals surface area contributed by atoms with Gasteiger partial charge in [0.25, 0.3) is 17.7 Å². The number of anilines is 1. The van der Waals surface area contributed by atoms with Gasteiger partial charge in [0, 0.05) is 29.9 Å². The highest BCUT2D eigenvalue weighted by atomic mass is 16.2. The fraction of sp³-hybridized carbons (Fsp3) is 0.526. The number of hydrogen-bond acceptors (Lipinski definition) is 5. The molecule has 0 saturated heterocycles. The second-order valence-corrected chi connectivity index (χ2v) is 7.59. The predicted octanol–water partition coefficient (Wildman–Crippen LogP) is -0.511. The molecule has 9 heteroatoms. The summed E-state index contributed by atoms with van der Waals surface area (Å²) >= 11 is 0. The Labute approximate surface area is 166 Å². The molecule has 1 rings (SSSR count). The highest BCUT2D eigenvalue weighted by Gasteiger charge is 2.17. The van der Waals surface area contributed by atoms with Gasteiger partial charge in [0.15, 0.2) is 6.54 Å². The minimum absolute atomic E-state index is 0.206. The van der Waals surface area contributed by atoms with Gasteiger partial charge in [-0.1, -0.05) is 0 Å². The van der Waals surface area contributed by atoms with Gasteiger partial charge in [0.1, 0.15) is 0 Å². The van der Waals surface area contributed by atoms with Crippen LogP contribution in [0.4, 0.5) is 5.69 Å². The fourth-order valence-corrected chi connectivity index (χ4v) is 2.41. The lowest BCUT2D eigenvalue weighted by Crippen LogP contribution is -2.41. The number of quaternary nitrogens is 1. The lowest BCUT2D eigenvalue weighted by atomic mass is 10.1. The van der Waals surface area contributed by atoms with Gasteiger partial charge in [0.2, 0.25) is 0 Å². The Bertz CT molecular complexity index is 644. The smallest absolute Gasteiger partial charge is 0.279 e. The molecule has 7 N–H and O–H groups in total. The minimum atomic E-state index is -0.327. The largest absolute Gasteiger partial charge is 0.352 e. The van der Waals surface area contributed by atoms with Crippen molar-refractivity contribution in [2.75, 3.05) is 59.2 Å². The van der Waals surface area contributed by atoms with Crippen molar-refractivity contribution < 1.29 is 18.9 Å². The van der Waals surface area contributed by atoms with Crippen LogP contribution in [-0.2, 0) is 4.79 Å². The number of nitrogens with two attached hydrogens (primary N) is 2. The molecule has 0 fully saturated rings. The Kier molecular flexibility index (Phi) is 9.57. The third-order valence-corrected chi connectivity index (χ3v) is 3.69. The Morgan fingerprint density at radius 2 is 1.32 bits per heavy atom. The van der Waals surface area contributed by atoms with Gasteiger partial charge in [0.05, 0.1) is 21.1 Å². The van der Waals surface area contributed by atoms with Gasteiger partial charge >= 0.3 is 0 Å². The maximum atomic E-state index is 12.4. The molecule has 0 aliphatic rings. The van der Waals surface area contributed by atoms with Crippen LogP contribution < -0.4 is 27.4 Å². The zero-order valence-electron chi connectivity index (χ0n) is 17.0. The molecule has 0 bridgehead atoms. The summed E-state index contributed by atoms with van der Waals surface area (Å²) in [5.74, 6) is -0.859. The molecule has 0 aromatic heterocycles. The first-order valence-corrected chi connectivity index (χ1v) is 9.38. The zero-order chi connectivity index (χ0) is 21.2. The number of nitrogens with zero attached hydrogens (tertiary/aromatic N) is 1. The van der Waals surface area contributed by atoms with Gasteiger partial charge in [-0.2, -0.15) is 0 Å². The molecule has 156 valence electrons. The lowest BCUT2D eigenvalue weighted by Gasteiger charge is -2.23. The minimum Gasteiger partial charge on any atom is -0.352 e. The van der Waals surface area contributed by atoms with Gasteiger partial charge in [-0.15, -0.1) is 0 Å². The number of carbonyl (C=O) groups is 3. The van der Waals surface area contributed by atoms with E-state index in [9.17, 15) is 14.4 Å². The average molecular weight is 394 g/mol. The van der Waals surface area contributed by atoms with Crippen LogP contribution in [0.15, 0.2) is 18.2 Å². The molecule has 0 unspecified atom stereocenters. The molecular weight excluding hydrogens is 360 g/mol. The fourth-order valence-electron chi connectivity index (χ4n) is 2.41. The molecule has 1 aromatic carbocycles. The third kappa shape index (κ3) is 8.94. The molecule has 0 saturated carbocycles. The molecule has 0 atom stereocenters. The molecule has 1 aromatic rings. The molecule has 9 nitrogen and oxygen atoms in total. The summed E-state index contributed by atoms with van der Waals surface area (Å²) in [4.78, 5) is 37.1. The maximum Gasteiger partial charge on any atom is 0.279 e. The van der Waals surface area contributed by atoms with E-state index in [2.05, 4.69) is 16.0 Å². The number of likely N-dealkylation sites (N-methyl/N-ethyl adjacent to an activating group) is 1. The maximum absolute atomic E-state index is 12.4. The summed E-state index contributed by atoms with van der Waals surface area (Å²) in [5.41, 5.74) is 11.9. The normalized spacial score (nSPS) is 11.0. The summed E-state index contributed by atoms with van der Waals surface area (Å²) < 4.78 is 0.456. The van der Waals surface area contributed by atoms with E-state index in [0.717, 1.165) is 0 Å². The Balaban J connectivity index is 3.03. The van der Waals surface area contributed by atoms with E-state index in [0.29, 0.717) is 60.3 Å². The van der Waals surface area contributed by atoms with E-state index in [1.807, 2.05) is 21.1 Å². The van der Waals surface area contributed by atoms with Crippen molar-refractivity contribution in [3.05, 3.63) is 29.3 Å². The van der Waals surface area contributed by atoms with Crippen LogP contribution in [0.2, 0.25) is 0 Å². The zero-order valence-corrected chi connectivity index (χ0v) is 17.0. The number of hydrogen-bond donors (Lipinski definition) is 5. The summed E-state index contributed by atoms with van der Waals surface area (Å²) in [6.07, 6.45) is 1.30. The highest BCUT2D eigenvalue weighted by Crippen LogP contribution is 2.16. The number of benzene rings is 1. The monoisotopic (exact) mass is 393 g/mol. The first-order chi connectivity index (χ1) is 13.2. The highest BCUT2D eigenvalue weighted by molar-refractivity contribution is 6.02. The van der Waals surface area contributed by atoms with Crippen LogP contribution in [0.3, 0.4) is 0 Å². The number of rotatable bonds is 11. The van der Waals surface area contributed by atoms with Crippen LogP contribution in [0, 0.1) is 0 Å². The Morgan fingerprint density at radius 3 is 1.71 bits per heavy atom. The summed E-state index contributed by atoms with van der Waals surface area (Å²) in [5, 5.41) is 8.28. The van der Waals surface area contributed by atoms with E-state index < -0.39 is 0 Å². The Morgan fingerprint density at radius 1 is 0.857 bits per heavy atom. The SMILES string of the molecule is C[N+](C)(C)CC(=O)Nc1cc(C(=O)NCCCN)cc(C(=O)NCCCN)c1. The van der Waals surface area contributed by atoms with Gasteiger partial charge < -0.3 is 31.9 Å². The molecule has 3 amide bonds. The second-order valence-electron chi connectivity index (χ2n) is 7.59. The van der Waals surface area contributed by atoms with Crippen molar-refractivity contribution in [2.24, 2.45) is 11.5 Å². The van der Waals surface area contributed by atoms with Crippen LogP contribution in [0.1, 0.15) is 33.6 Å². The standard InChI is InChI=1S/C19H32N6O3/c1-25(2,3)13-17(26)24-16-11-14(18(27)22-8-4-6-20)10-15(12-16)19(28)23-9-5-7-21/h10-12H,4-9,13,20-21H2,1-3H3,(H2-,22,23,24,26,27,28)/p+1. The van der Waals surface area contributed by atoms with Crippen molar-refractivity contribution in [1.82, 2.24) is 10.6 Å². The summed E-state index contributed by atoms with van der Waals surface area (Å²) in [6, 6.07) is 4.62. The van der Waals surface area contributed by atoms with Crippen LogP contribution in [0.25, 0.3) is 0 Å². The van der Waals surface area contributed by atoms with E-state index in [-0.39, 0.29) is 24.3 Å². The van der Waals surface area contributed by atoms with Crippen molar-refractivity contribution >= 4 is 23.4 Å². The predicted molar refractivity (Wildman–Crippen MR) is 110 cm³/mol. The molecule has 0 radical (unpaired) electrons. The molecule has 0 aliphatic heterocycles. The second kappa shape index (κ2) is 11.4. The molecular formula is C19H33N6O3+. The van der Waals surface area contributed by atoms with Gasteiger partial charge in [-0.3, -0.25) is 14.4 Å². The molecule has 0 spiro atoms. The van der Waals surface area contributed by atoms with Gasteiger partial charge in [-0.05, 0) is 44.1 Å². The number of carbonyl (C=O) groups excluding carboxylic acids is 3. The van der Waals surface area contributed by atoms with Crippen molar-refractivity contribution in [3.63, 3.8) is 0 Å². The van der Waals surface area contributed by atoms with E-state index in [4.69, 9.17) is 11.5 Å². The topological polar surface area (TPSA) is 139 Å². The molecule has 0 heterocycles. The lowest BCUT2D eigenvalue weighted by molar-refractivity contribution is -0.861. The van der Waals surface area contributed by atoms with Crippen LogP contribution in [-0.4, -0.2) is 76.1 Å². The van der Waals surface area contributed by atoms with Crippen molar-refractivity contribution in [2.45, 2.75) is 12.8 Å². The quantitative estimate of drug-likeness (QED) is 0.254. The number of nitrogens with one attached hydrogen (secondary N) is 3. The number of amides is 3. The summed E-state index contributed by atoms with van der Waals surface area (Å²) in [7, 11) is 5.70. The Hall–Kier alpha value is -2.49. The van der Waals surface area contributed by atoms with Crippen LogP contribution >= 0.6 is 0 Å². The first-order valence-electron chi connectivity index (χ1n) is 9.38. The summed E-state index contributed by atoms with van der Waals surface area (Å²) in [6.45, 7) is 2.06. The molecule has 0 aliphatic carbocycles. The van der Waals surface area contributed by atoms with Gasteiger partial charge in [-0.25, -0.2) is 0 Å². The van der Waals surface area contributed by atoms with Crippen LogP contribution in [0.5, 0.6) is 0 Å². The van der Waals surface area contributed by atoms with E-state index in [1.165, 1.54) is 6.07 Å². The van der Waals surface area contributed by atoms with E-state index in [1.54, 1.807) is 12.1 Å². The molecule has 28 heavy (non-hydrogen) atoms.